The van der Waals surface area contributed by atoms with Crippen LogP contribution in [0.25, 0.3) is 32.1 Å². The van der Waals surface area contributed by atoms with Crippen molar-refractivity contribution < 1.29 is 4.42 Å². The first kappa shape index (κ1) is 18.3. The molecule has 0 N–H and O–H groups in total. The van der Waals surface area contributed by atoms with E-state index in [1.54, 1.807) is 11.3 Å². The molecule has 6 nitrogen and oxygen atoms in total. The average molecular weight is 406 g/mol. The molecule has 2 aromatic heterocycles. The number of thiazole rings is 1. The summed E-state index contributed by atoms with van der Waals surface area (Å²) in [6.07, 6.45) is 1.11. The molecule has 2 aromatic carbocycles. The molecule has 0 saturated carbocycles. The van der Waals surface area contributed by atoms with Crippen molar-refractivity contribution in [3.05, 3.63) is 48.2 Å². The molecule has 29 heavy (non-hydrogen) atoms. The highest BCUT2D eigenvalue weighted by molar-refractivity contribution is 7.18. The summed E-state index contributed by atoms with van der Waals surface area (Å²) in [4.78, 5) is 10.1. The Morgan fingerprint density at radius 2 is 1.93 bits per heavy atom. The molecular formula is C22H23N5OS. The molecule has 3 heterocycles. The lowest BCUT2D eigenvalue weighted by Crippen LogP contribution is -2.31. The summed E-state index contributed by atoms with van der Waals surface area (Å²) in [6, 6.07) is 15.9. The van der Waals surface area contributed by atoms with Crippen molar-refractivity contribution in [2.45, 2.75) is 19.4 Å². The van der Waals surface area contributed by atoms with Gasteiger partial charge < -0.3 is 14.2 Å². The fourth-order valence-electron chi connectivity index (χ4n) is 3.81. The molecule has 0 spiro atoms. The molecule has 0 unspecified atom stereocenters. The Bertz CT molecular complexity index is 1160. The van der Waals surface area contributed by atoms with Gasteiger partial charge in [0.1, 0.15) is 9.88 Å². The van der Waals surface area contributed by atoms with Crippen LogP contribution in [0, 0.1) is 6.92 Å². The third-order valence-corrected chi connectivity index (χ3v) is 6.76. The number of aromatic nitrogens is 3. The number of fused-ring (bicyclic) bond motifs is 1. The summed E-state index contributed by atoms with van der Waals surface area (Å²) in [5.74, 6) is 0.551. The van der Waals surface area contributed by atoms with E-state index in [4.69, 9.17) is 9.40 Å². The van der Waals surface area contributed by atoms with Gasteiger partial charge in [0.2, 0.25) is 0 Å². The van der Waals surface area contributed by atoms with Gasteiger partial charge >= 0.3 is 6.01 Å². The van der Waals surface area contributed by atoms with E-state index in [0.717, 1.165) is 40.7 Å². The van der Waals surface area contributed by atoms with Gasteiger partial charge in [0.05, 0.1) is 5.69 Å². The summed E-state index contributed by atoms with van der Waals surface area (Å²) in [6.45, 7) is 3.85. The summed E-state index contributed by atoms with van der Waals surface area (Å²) in [5, 5.41) is 12.0. The van der Waals surface area contributed by atoms with Gasteiger partial charge in [-0.2, -0.15) is 0 Å². The molecule has 1 atom stereocenters. The van der Waals surface area contributed by atoms with E-state index in [2.05, 4.69) is 76.6 Å². The minimum atomic E-state index is 0.523. The highest BCUT2D eigenvalue weighted by Gasteiger charge is 2.28. The molecule has 1 aliphatic heterocycles. The fraction of sp³-hybridized carbons (Fsp3) is 0.318. The first-order valence-corrected chi connectivity index (χ1v) is 10.6. The Morgan fingerprint density at radius 1 is 1.10 bits per heavy atom. The van der Waals surface area contributed by atoms with Gasteiger partial charge in [-0.25, -0.2) is 4.98 Å². The van der Waals surface area contributed by atoms with Gasteiger partial charge in [0, 0.05) is 24.7 Å². The number of hydrogen-bond donors (Lipinski definition) is 0. The molecule has 0 bridgehead atoms. The van der Waals surface area contributed by atoms with Crippen molar-refractivity contribution in [3.63, 3.8) is 0 Å². The maximum atomic E-state index is 6.04. The largest absolute Gasteiger partial charge is 0.402 e. The topological polar surface area (TPSA) is 58.3 Å². The Kier molecular flexibility index (Phi) is 4.56. The summed E-state index contributed by atoms with van der Waals surface area (Å²) in [7, 11) is 4.23. The molecule has 0 radical (unpaired) electrons. The van der Waals surface area contributed by atoms with Gasteiger partial charge in [-0.1, -0.05) is 41.5 Å². The van der Waals surface area contributed by atoms with E-state index >= 15 is 0 Å². The van der Waals surface area contributed by atoms with Gasteiger partial charge in [0.15, 0.2) is 0 Å². The second-order valence-corrected chi connectivity index (χ2v) is 8.74. The SMILES string of the molecule is Cc1nc(-c2ccc3ccccc3c2)sc1-c1nnc(N2CC[C@@H](N(C)C)C2)o1. The van der Waals surface area contributed by atoms with E-state index in [9.17, 15) is 0 Å². The molecular weight excluding hydrogens is 382 g/mol. The average Bonchev–Trinajstić information content (AvgIpc) is 3.46. The lowest BCUT2D eigenvalue weighted by molar-refractivity contribution is 0.315. The lowest BCUT2D eigenvalue weighted by atomic mass is 10.1. The van der Waals surface area contributed by atoms with E-state index in [-0.39, 0.29) is 0 Å². The van der Waals surface area contributed by atoms with E-state index < -0.39 is 0 Å². The van der Waals surface area contributed by atoms with Crippen molar-refractivity contribution >= 4 is 28.1 Å². The van der Waals surface area contributed by atoms with Crippen molar-refractivity contribution in [2.75, 3.05) is 32.1 Å². The molecule has 4 aromatic rings. The van der Waals surface area contributed by atoms with Crippen LogP contribution in [0.1, 0.15) is 12.1 Å². The summed E-state index contributed by atoms with van der Waals surface area (Å²) in [5.41, 5.74) is 2.03. The number of hydrogen-bond acceptors (Lipinski definition) is 7. The number of benzene rings is 2. The van der Waals surface area contributed by atoms with Crippen LogP contribution >= 0.6 is 11.3 Å². The van der Waals surface area contributed by atoms with Crippen LogP contribution in [-0.4, -0.2) is 53.3 Å². The molecule has 5 rings (SSSR count). The molecule has 1 saturated heterocycles. The van der Waals surface area contributed by atoms with Crippen LogP contribution in [0.15, 0.2) is 46.9 Å². The third kappa shape index (κ3) is 3.41. The predicted octanol–water partition coefficient (Wildman–Crippen LogP) is 4.46. The van der Waals surface area contributed by atoms with Crippen LogP contribution in [0.3, 0.4) is 0 Å². The van der Waals surface area contributed by atoms with Gasteiger partial charge in [-0.15, -0.1) is 16.4 Å². The molecule has 1 aliphatic rings. The first-order valence-electron chi connectivity index (χ1n) is 9.80. The predicted molar refractivity (Wildman–Crippen MR) is 117 cm³/mol. The Labute approximate surface area is 173 Å². The summed E-state index contributed by atoms with van der Waals surface area (Å²) < 4.78 is 6.04. The Balaban J connectivity index is 1.43. The molecule has 0 aliphatic carbocycles. The van der Waals surface area contributed by atoms with Crippen molar-refractivity contribution in [1.29, 1.82) is 0 Å². The van der Waals surface area contributed by atoms with Crippen LogP contribution in [0.5, 0.6) is 0 Å². The molecule has 148 valence electrons. The maximum absolute atomic E-state index is 6.04. The van der Waals surface area contributed by atoms with Crippen LogP contribution in [0.2, 0.25) is 0 Å². The van der Waals surface area contributed by atoms with Gasteiger partial charge in [-0.3, -0.25) is 0 Å². The zero-order valence-electron chi connectivity index (χ0n) is 16.8. The number of likely N-dealkylation sites (N-methyl/N-ethyl adjacent to an activating group) is 1. The molecule has 7 heteroatoms. The van der Waals surface area contributed by atoms with E-state index in [0.29, 0.717) is 17.9 Å². The number of rotatable bonds is 4. The Morgan fingerprint density at radius 3 is 2.72 bits per heavy atom. The van der Waals surface area contributed by atoms with Gasteiger partial charge in [0.25, 0.3) is 5.89 Å². The highest BCUT2D eigenvalue weighted by atomic mass is 32.1. The fourth-order valence-corrected chi connectivity index (χ4v) is 4.80. The minimum Gasteiger partial charge on any atom is -0.402 e. The van der Waals surface area contributed by atoms with Gasteiger partial charge in [-0.05, 0) is 44.3 Å². The zero-order valence-corrected chi connectivity index (χ0v) is 17.6. The van der Waals surface area contributed by atoms with Crippen molar-refractivity contribution in [2.24, 2.45) is 0 Å². The van der Waals surface area contributed by atoms with Crippen LogP contribution < -0.4 is 4.90 Å². The zero-order chi connectivity index (χ0) is 20.0. The maximum Gasteiger partial charge on any atom is 0.318 e. The number of aryl methyl sites for hydroxylation is 1. The van der Waals surface area contributed by atoms with E-state index in [1.807, 2.05) is 6.92 Å². The second-order valence-electron chi connectivity index (χ2n) is 7.74. The standard InChI is InChI=1S/C22H23N5OS/c1-14-19(20-24-25-22(28-20)27-11-10-18(13-27)26(2)3)29-21(23-14)17-9-8-15-6-4-5-7-16(15)12-17/h4-9,12,18H,10-11,13H2,1-3H3/t18-/m1/s1. The van der Waals surface area contributed by atoms with Crippen molar-refractivity contribution in [1.82, 2.24) is 20.1 Å². The lowest BCUT2D eigenvalue weighted by Gasteiger charge is -2.18. The quantitative estimate of drug-likeness (QED) is 0.500. The first-order chi connectivity index (χ1) is 14.1. The highest BCUT2D eigenvalue weighted by Crippen LogP contribution is 2.36. The van der Waals surface area contributed by atoms with Crippen LogP contribution in [0.4, 0.5) is 6.01 Å². The monoisotopic (exact) mass is 405 g/mol. The normalized spacial score (nSPS) is 17.0. The van der Waals surface area contributed by atoms with Crippen molar-refractivity contribution in [3.8, 4) is 21.3 Å². The molecule has 0 amide bonds. The minimum absolute atomic E-state index is 0.523. The van der Waals surface area contributed by atoms with Crippen LogP contribution in [-0.2, 0) is 0 Å². The smallest absolute Gasteiger partial charge is 0.318 e. The number of nitrogens with zero attached hydrogens (tertiary/aromatic N) is 5. The van der Waals surface area contributed by atoms with E-state index in [1.165, 1.54) is 10.8 Å². The third-order valence-electron chi connectivity index (χ3n) is 5.57. The summed E-state index contributed by atoms with van der Waals surface area (Å²) >= 11 is 1.60. The Hall–Kier alpha value is -2.77. The number of anilines is 1. The second kappa shape index (κ2) is 7.24. The molecule has 1 fully saturated rings.